The monoisotopic (exact) mass is 411 g/mol. The molecule has 1 unspecified atom stereocenters. The third-order valence-electron chi connectivity index (χ3n) is 5.11. The first kappa shape index (κ1) is 15.7. The van der Waals surface area contributed by atoms with Crippen molar-refractivity contribution in [3.8, 4) is 0 Å². The van der Waals surface area contributed by atoms with E-state index in [1.807, 2.05) is 18.3 Å². The number of anilines is 1. The molecule has 1 fully saturated rings. The summed E-state index contributed by atoms with van der Waals surface area (Å²) in [4.78, 5) is 5.92. The van der Waals surface area contributed by atoms with Gasteiger partial charge in [-0.25, -0.2) is 0 Å². The number of rotatable bonds is 2. The number of pyridine rings is 1. The molecule has 1 atom stereocenters. The SMILES string of the molecule is [As]c1ccc2c(c1)SN(c1n[nH]c3cccnc13)C2C1CCNCC1. The van der Waals surface area contributed by atoms with Crippen LogP contribution in [-0.4, -0.2) is 45.1 Å². The Kier molecular flexibility index (Phi) is 3.99. The Bertz CT molecular complexity index is 921. The number of nitrogens with one attached hydrogen (secondary N) is 2. The van der Waals surface area contributed by atoms with Gasteiger partial charge in [-0.1, -0.05) is 0 Å². The summed E-state index contributed by atoms with van der Waals surface area (Å²) in [6.07, 6.45) is 4.23. The van der Waals surface area contributed by atoms with Gasteiger partial charge in [0, 0.05) is 0 Å². The van der Waals surface area contributed by atoms with E-state index >= 15 is 0 Å². The molecule has 2 aliphatic heterocycles. The molecule has 0 spiro atoms. The van der Waals surface area contributed by atoms with Crippen LogP contribution in [0, 0.1) is 5.92 Å². The van der Waals surface area contributed by atoms with Crippen molar-refractivity contribution in [2.75, 3.05) is 17.4 Å². The van der Waals surface area contributed by atoms with Crippen molar-refractivity contribution in [3.63, 3.8) is 0 Å². The van der Waals surface area contributed by atoms with Gasteiger partial charge in [0.25, 0.3) is 0 Å². The Morgan fingerprint density at radius 3 is 2.96 bits per heavy atom. The van der Waals surface area contributed by atoms with Crippen LogP contribution in [0.5, 0.6) is 0 Å². The van der Waals surface area contributed by atoms with Crippen LogP contribution in [0.1, 0.15) is 24.4 Å². The molecule has 5 nitrogen and oxygen atoms in total. The molecule has 0 saturated carbocycles. The summed E-state index contributed by atoms with van der Waals surface area (Å²) in [6.45, 7) is 2.19. The van der Waals surface area contributed by atoms with Crippen molar-refractivity contribution in [1.29, 1.82) is 0 Å². The Hall–Kier alpha value is -1.49. The minimum absolute atomic E-state index is 0.351. The van der Waals surface area contributed by atoms with Crippen LogP contribution in [0.2, 0.25) is 0 Å². The van der Waals surface area contributed by atoms with Gasteiger partial charge in [-0.15, -0.1) is 0 Å². The second-order valence-electron chi connectivity index (χ2n) is 6.62. The number of H-pyrrole nitrogens is 1. The van der Waals surface area contributed by atoms with E-state index in [-0.39, 0.29) is 0 Å². The number of hydrogen-bond acceptors (Lipinski definition) is 5. The van der Waals surface area contributed by atoms with Crippen LogP contribution >= 0.6 is 11.9 Å². The third-order valence-corrected chi connectivity index (χ3v) is 6.84. The predicted molar refractivity (Wildman–Crippen MR) is 102 cm³/mol. The molecule has 0 aliphatic carbocycles. The first-order valence-corrected chi connectivity index (χ1v) is 10.3. The maximum absolute atomic E-state index is 4.63. The van der Waals surface area contributed by atoms with Gasteiger partial charge >= 0.3 is 160 Å². The van der Waals surface area contributed by atoms with E-state index < -0.39 is 0 Å². The fourth-order valence-electron chi connectivity index (χ4n) is 3.91. The second kappa shape index (κ2) is 6.35. The van der Waals surface area contributed by atoms with E-state index in [0.717, 1.165) is 29.9 Å². The summed E-state index contributed by atoms with van der Waals surface area (Å²) in [5.74, 6) is 1.58. The molecule has 5 rings (SSSR count). The van der Waals surface area contributed by atoms with E-state index in [4.69, 9.17) is 0 Å². The van der Waals surface area contributed by atoms with E-state index in [0.29, 0.717) is 12.0 Å². The topological polar surface area (TPSA) is 56.8 Å². The molecule has 3 aromatic rings. The number of piperidine rings is 1. The molecule has 0 bridgehead atoms. The molecule has 7 heteroatoms. The van der Waals surface area contributed by atoms with Crippen LogP contribution in [-0.2, 0) is 0 Å². The fourth-order valence-corrected chi connectivity index (χ4v) is 5.83. The van der Waals surface area contributed by atoms with Crippen LogP contribution in [0.4, 0.5) is 5.82 Å². The summed E-state index contributed by atoms with van der Waals surface area (Å²) < 4.78 is 3.63. The van der Waals surface area contributed by atoms with Crippen LogP contribution in [0.15, 0.2) is 41.4 Å². The number of nitrogens with zero attached hydrogens (tertiary/aromatic N) is 3. The van der Waals surface area contributed by atoms with Gasteiger partial charge in [-0.2, -0.15) is 0 Å². The number of hydrogen-bond donors (Lipinski definition) is 2. The summed E-state index contributed by atoms with van der Waals surface area (Å²) in [6, 6.07) is 11.1. The number of aromatic nitrogens is 3. The van der Waals surface area contributed by atoms with Gasteiger partial charge in [0.05, 0.1) is 0 Å². The first-order valence-electron chi connectivity index (χ1n) is 8.61. The molecule has 2 aromatic heterocycles. The second-order valence-corrected chi connectivity index (χ2v) is 8.72. The van der Waals surface area contributed by atoms with E-state index in [2.05, 4.69) is 59.9 Å². The molecule has 1 saturated heterocycles. The first-order chi connectivity index (χ1) is 12.3. The Balaban J connectivity index is 1.62. The Morgan fingerprint density at radius 2 is 2.08 bits per heavy atom. The van der Waals surface area contributed by atoms with Gasteiger partial charge in [0.2, 0.25) is 0 Å². The standard InChI is InChI=1S/C18H18AsN5S/c19-12-3-4-13-15(10-12)25-24(17(13)11-5-8-20-9-6-11)18-16-14(22-23-18)2-1-7-21-16/h1-4,7,10-11,17,20H,5-6,8-9H2,(H,22,23). The molecule has 2 N–H and O–H groups in total. The van der Waals surface area contributed by atoms with Crippen molar-refractivity contribution in [2.45, 2.75) is 23.8 Å². The van der Waals surface area contributed by atoms with Gasteiger partial charge in [-0.05, 0) is 0 Å². The van der Waals surface area contributed by atoms with Gasteiger partial charge in [0.1, 0.15) is 0 Å². The van der Waals surface area contributed by atoms with Crippen molar-refractivity contribution >= 4 is 50.0 Å². The molecule has 126 valence electrons. The van der Waals surface area contributed by atoms with Crippen LogP contribution in [0.25, 0.3) is 11.0 Å². The number of benzene rings is 1. The Morgan fingerprint density at radius 1 is 1.20 bits per heavy atom. The zero-order valence-corrected chi connectivity index (χ0v) is 16.3. The average molecular weight is 411 g/mol. The van der Waals surface area contributed by atoms with Crippen molar-refractivity contribution in [1.82, 2.24) is 20.5 Å². The van der Waals surface area contributed by atoms with Crippen molar-refractivity contribution < 1.29 is 0 Å². The molecule has 0 amide bonds. The van der Waals surface area contributed by atoms with Crippen LogP contribution < -0.4 is 14.0 Å². The number of fused-ring (bicyclic) bond motifs is 2. The average Bonchev–Trinajstić information content (AvgIpc) is 3.23. The van der Waals surface area contributed by atoms with E-state index in [9.17, 15) is 0 Å². The van der Waals surface area contributed by atoms with Crippen molar-refractivity contribution in [3.05, 3.63) is 42.1 Å². The molecular weight excluding hydrogens is 393 g/mol. The zero-order chi connectivity index (χ0) is 16.8. The number of aromatic amines is 1. The maximum atomic E-state index is 4.63. The van der Waals surface area contributed by atoms with Gasteiger partial charge < -0.3 is 0 Å². The molecular formula is C18H18AsN5S. The Labute approximate surface area is 159 Å². The fraction of sp³-hybridized carbons (Fsp3) is 0.333. The quantitative estimate of drug-likeness (QED) is 0.501. The predicted octanol–water partition coefficient (Wildman–Crippen LogP) is 2.32. The zero-order valence-electron chi connectivity index (χ0n) is 13.6. The summed E-state index contributed by atoms with van der Waals surface area (Å²) in [5.41, 5.74) is 3.37. The molecule has 4 heterocycles. The van der Waals surface area contributed by atoms with Gasteiger partial charge in [0.15, 0.2) is 0 Å². The third kappa shape index (κ3) is 2.67. The summed E-state index contributed by atoms with van der Waals surface area (Å²) in [5, 5.41) is 11.3. The van der Waals surface area contributed by atoms with Crippen LogP contribution in [0.3, 0.4) is 0 Å². The van der Waals surface area contributed by atoms with E-state index in [1.165, 1.54) is 27.7 Å². The normalized spacial score (nSPS) is 21.0. The molecule has 1 aromatic carbocycles. The van der Waals surface area contributed by atoms with E-state index in [1.54, 1.807) is 11.9 Å². The molecule has 2 aliphatic rings. The molecule has 25 heavy (non-hydrogen) atoms. The van der Waals surface area contributed by atoms with Crippen molar-refractivity contribution in [2.24, 2.45) is 5.92 Å². The minimum atomic E-state index is 0.351. The van der Waals surface area contributed by atoms with Gasteiger partial charge in [-0.3, -0.25) is 0 Å². The summed E-state index contributed by atoms with van der Waals surface area (Å²) in [7, 11) is 0. The molecule has 2 radical (unpaired) electrons. The summed E-state index contributed by atoms with van der Waals surface area (Å²) >= 11 is 4.45.